The normalized spacial score (nSPS) is 10.2. The molecule has 6 nitrogen and oxygen atoms in total. The van der Waals surface area contributed by atoms with Crippen LogP contribution in [0, 0.1) is 5.82 Å². The van der Waals surface area contributed by atoms with Gasteiger partial charge in [0, 0.05) is 6.54 Å². The van der Waals surface area contributed by atoms with Crippen LogP contribution in [0.15, 0.2) is 72.8 Å². The van der Waals surface area contributed by atoms with Crippen molar-refractivity contribution in [1.82, 2.24) is 5.32 Å². The lowest BCUT2D eigenvalue weighted by molar-refractivity contribution is -0.118. The van der Waals surface area contributed by atoms with Crippen molar-refractivity contribution in [3.05, 3.63) is 89.7 Å². The highest BCUT2D eigenvalue weighted by atomic mass is 19.1. The lowest BCUT2D eigenvalue weighted by Crippen LogP contribution is -2.25. The Morgan fingerprint density at radius 3 is 2.37 bits per heavy atom. The third-order valence-corrected chi connectivity index (χ3v) is 4.25. The van der Waals surface area contributed by atoms with E-state index >= 15 is 0 Å². The smallest absolute Gasteiger partial charge is 0.262 e. The number of ether oxygens (including phenoxy) is 2. The molecule has 154 valence electrons. The zero-order valence-electron chi connectivity index (χ0n) is 16.4. The molecule has 3 rings (SSSR count). The Labute approximate surface area is 173 Å². The molecule has 0 aliphatic carbocycles. The van der Waals surface area contributed by atoms with Crippen molar-refractivity contribution in [3.8, 4) is 11.5 Å². The third kappa shape index (κ3) is 5.57. The van der Waals surface area contributed by atoms with Crippen LogP contribution >= 0.6 is 0 Å². The standard InChI is InChI=1S/C23H21FN2O4/c1-29-17-12-10-16(11-13-17)14-25-23(28)18-6-2-5-9-21(18)30-15-22(27)26-20-8-4-3-7-19(20)24/h2-13H,14-15H2,1H3,(H,25,28)(H,26,27). The highest BCUT2D eigenvalue weighted by Crippen LogP contribution is 2.19. The second kappa shape index (κ2) is 10.1. The Bertz CT molecular complexity index is 1020. The number of nitrogens with one attached hydrogen (secondary N) is 2. The molecule has 30 heavy (non-hydrogen) atoms. The first-order valence-electron chi connectivity index (χ1n) is 9.24. The van der Waals surface area contributed by atoms with Gasteiger partial charge in [-0.25, -0.2) is 4.39 Å². The van der Waals surface area contributed by atoms with E-state index in [1.165, 1.54) is 18.2 Å². The Balaban J connectivity index is 1.58. The summed E-state index contributed by atoms with van der Waals surface area (Å²) in [6.45, 7) is -0.0396. The number of carbonyl (C=O) groups is 2. The molecule has 2 N–H and O–H groups in total. The van der Waals surface area contributed by atoms with Gasteiger partial charge in [0.15, 0.2) is 6.61 Å². The Hall–Kier alpha value is -3.87. The first-order valence-corrected chi connectivity index (χ1v) is 9.24. The van der Waals surface area contributed by atoms with E-state index in [0.29, 0.717) is 12.1 Å². The number of hydrogen-bond donors (Lipinski definition) is 2. The molecule has 7 heteroatoms. The molecule has 0 aliphatic rings. The first kappa shape index (κ1) is 20.9. The molecule has 3 aromatic carbocycles. The van der Waals surface area contributed by atoms with E-state index in [1.54, 1.807) is 37.4 Å². The van der Waals surface area contributed by atoms with Gasteiger partial charge in [-0.1, -0.05) is 36.4 Å². The lowest BCUT2D eigenvalue weighted by atomic mass is 10.1. The van der Waals surface area contributed by atoms with Crippen LogP contribution in [0.5, 0.6) is 11.5 Å². The second-order valence-electron chi connectivity index (χ2n) is 6.34. The molecule has 0 spiro atoms. The Kier molecular flexibility index (Phi) is 7.00. The molecular weight excluding hydrogens is 387 g/mol. The monoisotopic (exact) mass is 408 g/mol. The Morgan fingerprint density at radius 2 is 1.63 bits per heavy atom. The van der Waals surface area contributed by atoms with E-state index in [4.69, 9.17) is 9.47 Å². The van der Waals surface area contributed by atoms with Gasteiger partial charge in [-0.15, -0.1) is 0 Å². The van der Waals surface area contributed by atoms with Crippen molar-refractivity contribution < 1.29 is 23.5 Å². The molecule has 0 fully saturated rings. The highest BCUT2D eigenvalue weighted by Gasteiger charge is 2.14. The summed E-state index contributed by atoms with van der Waals surface area (Å²) >= 11 is 0. The summed E-state index contributed by atoms with van der Waals surface area (Å²) in [5.41, 5.74) is 1.27. The fourth-order valence-corrected chi connectivity index (χ4v) is 2.69. The summed E-state index contributed by atoms with van der Waals surface area (Å²) in [7, 11) is 1.59. The van der Waals surface area contributed by atoms with Gasteiger partial charge in [0.05, 0.1) is 18.4 Å². The number of carbonyl (C=O) groups excluding carboxylic acids is 2. The average Bonchev–Trinajstić information content (AvgIpc) is 2.78. The predicted octanol–water partition coefficient (Wildman–Crippen LogP) is 3.78. The van der Waals surface area contributed by atoms with Gasteiger partial charge in [-0.2, -0.15) is 0 Å². The molecule has 0 aromatic heterocycles. The number of halogens is 1. The van der Waals surface area contributed by atoms with Gasteiger partial charge in [0.25, 0.3) is 11.8 Å². The summed E-state index contributed by atoms with van der Waals surface area (Å²) < 4.78 is 24.3. The predicted molar refractivity (Wildman–Crippen MR) is 111 cm³/mol. The lowest BCUT2D eigenvalue weighted by Gasteiger charge is -2.12. The number of methoxy groups -OCH3 is 1. The van der Waals surface area contributed by atoms with E-state index in [1.807, 2.05) is 24.3 Å². The third-order valence-electron chi connectivity index (χ3n) is 4.25. The number of amides is 2. The number of hydrogen-bond acceptors (Lipinski definition) is 4. The van der Waals surface area contributed by atoms with Crippen LogP contribution in [0.25, 0.3) is 0 Å². The van der Waals surface area contributed by atoms with Crippen molar-refractivity contribution in [2.24, 2.45) is 0 Å². The molecule has 0 saturated carbocycles. The summed E-state index contributed by atoms with van der Waals surface area (Å²) in [6.07, 6.45) is 0. The van der Waals surface area contributed by atoms with Crippen LogP contribution in [0.1, 0.15) is 15.9 Å². The summed E-state index contributed by atoms with van der Waals surface area (Å²) in [5, 5.41) is 5.25. The fourth-order valence-electron chi connectivity index (χ4n) is 2.69. The first-order chi connectivity index (χ1) is 14.6. The zero-order valence-corrected chi connectivity index (χ0v) is 16.4. The summed E-state index contributed by atoms with van der Waals surface area (Å²) in [6, 6.07) is 19.8. The zero-order chi connectivity index (χ0) is 21.3. The maximum absolute atomic E-state index is 13.6. The topological polar surface area (TPSA) is 76.7 Å². The highest BCUT2D eigenvalue weighted by molar-refractivity contribution is 5.97. The van der Waals surface area contributed by atoms with Crippen LogP contribution in [0.3, 0.4) is 0 Å². The minimum atomic E-state index is -0.538. The van der Waals surface area contributed by atoms with Crippen LogP contribution in [0.4, 0.5) is 10.1 Å². The van der Waals surface area contributed by atoms with Gasteiger partial charge >= 0.3 is 0 Å². The molecule has 0 atom stereocenters. The molecule has 0 bridgehead atoms. The minimum Gasteiger partial charge on any atom is -0.497 e. The van der Waals surface area contributed by atoms with E-state index < -0.39 is 11.7 Å². The largest absolute Gasteiger partial charge is 0.497 e. The van der Waals surface area contributed by atoms with Crippen LogP contribution < -0.4 is 20.1 Å². The van der Waals surface area contributed by atoms with E-state index in [9.17, 15) is 14.0 Å². The van der Waals surface area contributed by atoms with Crippen molar-refractivity contribution in [2.45, 2.75) is 6.54 Å². The molecule has 0 radical (unpaired) electrons. The van der Waals surface area contributed by atoms with Crippen molar-refractivity contribution >= 4 is 17.5 Å². The van der Waals surface area contributed by atoms with Crippen LogP contribution in [-0.2, 0) is 11.3 Å². The van der Waals surface area contributed by atoms with Crippen LogP contribution in [0.2, 0.25) is 0 Å². The second-order valence-corrected chi connectivity index (χ2v) is 6.34. The molecular formula is C23H21FN2O4. The minimum absolute atomic E-state index is 0.0663. The average molecular weight is 408 g/mol. The molecule has 0 unspecified atom stereocenters. The van der Waals surface area contributed by atoms with E-state index in [0.717, 1.165) is 11.3 Å². The molecule has 0 heterocycles. The SMILES string of the molecule is COc1ccc(CNC(=O)c2ccccc2OCC(=O)Nc2ccccc2F)cc1. The van der Waals surface area contributed by atoms with Crippen molar-refractivity contribution in [2.75, 3.05) is 19.0 Å². The number of anilines is 1. The number of rotatable bonds is 8. The molecule has 3 aromatic rings. The van der Waals surface area contributed by atoms with Gasteiger partial charge in [-0.05, 0) is 42.0 Å². The maximum atomic E-state index is 13.6. The summed E-state index contributed by atoms with van der Waals surface area (Å²) in [4.78, 5) is 24.6. The fraction of sp³-hybridized carbons (Fsp3) is 0.130. The maximum Gasteiger partial charge on any atom is 0.262 e. The van der Waals surface area contributed by atoms with E-state index in [-0.39, 0.29) is 24.0 Å². The number of benzene rings is 3. The quantitative estimate of drug-likeness (QED) is 0.595. The summed E-state index contributed by atoms with van der Waals surface area (Å²) in [5.74, 6) is -0.417. The number of para-hydroxylation sites is 2. The van der Waals surface area contributed by atoms with Crippen molar-refractivity contribution in [1.29, 1.82) is 0 Å². The van der Waals surface area contributed by atoms with Gasteiger partial charge in [0.2, 0.25) is 0 Å². The molecule has 2 amide bonds. The molecule has 0 aliphatic heterocycles. The Morgan fingerprint density at radius 1 is 0.933 bits per heavy atom. The molecule has 0 saturated heterocycles. The van der Waals surface area contributed by atoms with E-state index in [2.05, 4.69) is 10.6 Å². The van der Waals surface area contributed by atoms with Crippen LogP contribution in [-0.4, -0.2) is 25.5 Å². The van der Waals surface area contributed by atoms with Gasteiger partial charge in [-0.3, -0.25) is 9.59 Å². The van der Waals surface area contributed by atoms with Crippen molar-refractivity contribution in [3.63, 3.8) is 0 Å². The van der Waals surface area contributed by atoms with Gasteiger partial charge in [0.1, 0.15) is 17.3 Å². The van der Waals surface area contributed by atoms with Gasteiger partial charge < -0.3 is 20.1 Å².